The number of aromatic nitrogens is 3. The van der Waals surface area contributed by atoms with Gasteiger partial charge in [0.2, 0.25) is 0 Å². The molecule has 0 spiro atoms. The molecule has 9 heteroatoms. The number of nitro benzene ring substituents is 1. The standard InChI is InChI=1S/C22H24N6O3/c1-15-8-9-18(16(2)14-15)27-23-17(3)21(24-27)22(29)26-12-10-25(11-13-26)19-6-4-5-7-20(19)28(30)31/h4-9,14H,10-13H2,1-3H3. The first kappa shape index (κ1) is 20.5. The van der Waals surface area contributed by atoms with Crippen molar-refractivity contribution in [3.63, 3.8) is 0 Å². The second kappa shape index (κ2) is 8.17. The highest BCUT2D eigenvalue weighted by molar-refractivity contribution is 5.93. The van der Waals surface area contributed by atoms with Crippen molar-refractivity contribution in [2.75, 3.05) is 31.1 Å². The average Bonchev–Trinajstić information content (AvgIpc) is 3.14. The average molecular weight is 420 g/mol. The number of aryl methyl sites for hydroxylation is 3. The third-order valence-electron chi connectivity index (χ3n) is 5.54. The number of rotatable bonds is 4. The minimum absolute atomic E-state index is 0.0783. The first-order valence-electron chi connectivity index (χ1n) is 10.1. The van der Waals surface area contributed by atoms with Crippen LogP contribution in [-0.2, 0) is 0 Å². The summed E-state index contributed by atoms with van der Waals surface area (Å²) in [5.74, 6) is -0.171. The molecule has 1 aliphatic rings. The highest BCUT2D eigenvalue weighted by Gasteiger charge is 2.28. The van der Waals surface area contributed by atoms with E-state index in [4.69, 9.17) is 0 Å². The van der Waals surface area contributed by atoms with Gasteiger partial charge in [-0.25, -0.2) is 0 Å². The number of piperazine rings is 1. The molecule has 4 rings (SSSR count). The number of carbonyl (C=O) groups is 1. The summed E-state index contributed by atoms with van der Waals surface area (Å²) in [5, 5.41) is 20.2. The van der Waals surface area contributed by atoms with Crippen LogP contribution < -0.4 is 4.90 Å². The molecule has 0 bridgehead atoms. The zero-order valence-corrected chi connectivity index (χ0v) is 17.8. The van der Waals surface area contributed by atoms with E-state index in [9.17, 15) is 14.9 Å². The number of hydrogen-bond donors (Lipinski definition) is 0. The van der Waals surface area contributed by atoms with Crippen molar-refractivity contribution in [1.29, 1.82) is 0 Å². The van der Waals surface area contributed by atoms with Gasteiger partial charge in [0.25, 0.3) is 11.6 Å². The summed E-state index contributed by atoms with van der Waals surface area (Å²) in [6.45, 7) is 7.74. The Hall–Kier alpha value is -3.75. The van der Waals surface area contributed by atoms with Crippen LogP contribution in [0.5, 0.6) is 0 Å². The van der Waals surface area contributed by atoms with E-state index in [-0.39, 0.29) is 16.5 Å². The molecule has 160 valence electrons. The zero-order chi connectivity index (χ0) is 22.1. The van der Waals surface area contributed by atoms with Crippen molar-refractivity contribution in [1.82, 2.24) is 19.9 Å². The van der Waals surface area contributed by atoms with Gasteiger partial charge in [0.05, 0.1) is 16.3 Å². The third kappa shape index (κ3) is 3.98. The molecular formula is C22H24N6O3. The van der Waals surface area contributed by atoms with Crippen LogP contribution in [0.25, 0.3) is 5.69 Å². The maximum Gasteiger partial charge on any atom is 0.292 e. The highest BCUT2D eigenvalue weighted by Crippen LogP contribution is 2.28. The molecule has 2 aromatic carbocycles. The molecule has 0 atom stereocenters. The van der Waals surface area contributed by atoms with E-state index >= 15 is 0 Å². The summed E-state index contributed by atoms with van der Waals surface area (Å²) in [5.41, 5.74) is 4.59. The lowest BCUT2D eigenvalue weighted by Gasteiger charge is -2.35. The molecule has 1 amide bonds. The predicted octanol–water partition coefficient (Wildman–Crippen LogP) is 3.06. The van der Waals surface area contributed by atoms with Gasteiger partial charge in [-0.3, -0.25) is 14.9 Å². The maximum atomic E-state index is 13.1. The van der Waals surface area contributed by atoms with E-state index in [0.717, 1.165) is 16.8 Å². The van der Waals surface area contributed by atoms with Crippen molar-refractivity contribution in [3.8, 4) is 5.69 Å². The number of anilines is 1. The van der Waals surface area contributed by atoms with Gasteiger partial charge in [-0.2, -0.15) is 9.90 Å². The van der Waals surface area contributed by atoms with Gasteiger partial charge in [0, 0.05) is 32.2 Å². The number of carbonyl (C=O) groups excluding carboxylic acids is 1. The minimum atomic E-state index is -0.373. The monoisotopic (exact) mass is 420 g/mol. The Morgan fingerprint density at radius 2 is 1.68 bits per heavy atom. The summed E-state index contributed by atoms with van der Waals surface area (Å²) in [7, 11) is 0. The van der Waals surface area contributed by atoms with Crippen LogP contribution in [0.15, 0.2) is 42.5 Å². The number of nitrogens with zero attached hydrogens (tertiary/aromatic N) is 6. The third-order valence-corrected chi connectivity index (χ3v) is 5.54. The second-order valence-electron chi connectivity index (χ2n) is 7.74. The first-order valence-corrected chi connectivity index (χ1v) is 10.1. The fraction of sp³-hybridized carbons (Fsp3) is 0.318. The van der Waals surface area contributed by atoms with E-state index < -0.39 is 0 Å². The zero-order valence-electron chi connectivity index (χ0n) is 17.8. The molecule has 3 aromatic rings. The van der Waals surface area contributed by atoms with E-state index in [1.165, 1.54) is 10.9 Å². The molecule has 0 radical (unpaired) electrons. The number of amides is 1. The highest BCUT2D eigenvalue weighted by atomic mass is 16.6. The van der Waals surface area contributed by atoms with Crippen LogP contribution in [0.1, 0.15) is 27.3 Å². The summed E-state index contributed by atoms with van der Waals surface area (Å²) < 4.78 is 0. The van der Waals surface area contributed by atoms with Gasteiger partial charge in [0.1, 0.15) is 5.69 Å². The lowest BCUT2D eigenvalue weighted by atomic mass is 10.1. The van der Waals surface area contributed by atoms with E-state index in [0.29, 0.717) is 43.3 Å². The number of hydrogen-bond acceptors (Lipinski definition) is 6. The summed E-state index contributed by atoms with van der Waals surface area (Å²) in [4.78, 5) is 29.2. The van der Waals surface area contributed by atoms with Crippen LogP contribution >= 0.6 is 0 Å². The fourth-order valence-electron chi connectivity index (χ4n) is 3.90. The predicted molar refractivity (Wildman–Crippen MR) is 117 cm³/mol. The molecule has 0 saturated carbocycles. The second-order valence-corrected chi connectivity index (χ2v) is 7.74. The SMILES string of the molecule is Cc1ccc(-n2nc(C)c(C(=O)N3CCN(c4ccccc4[N+](=O)[O-])CC3)n2)c(C)c1. The Labute approximate surface area is 180 Å². The Balaban J connectivity index is 1.50. The molecule has 0 N–H and O–H groups in total. The topological polar surface area (TPSA) is 97.4 Å². The molecular weight excluding hydrogens is 396 g/mol. The molecule has 0 aliphatic carbocycles. The van der Waals surface area contributed by atoms with Gasteiger partial charge in [0.15, 0.2) is 5.69 Å². The van der Waals surface area contributed by atoms with Crippen LogP contribution in [0.4, 0.5) is 11.4 Å². The molecule has 1 fully saturated rings. The van der Waals surface area contributed by atoms with Gasteiger partial charge in [-0.1, -0.05) is 29.8 Å². The maximum absolute atomic E-state index is 13.1. The number of para-hydroxylation sites is 2. The lowest BCUT2D eigenvalue weighted by Crippen LogP contribution is -2.49. The fourth-order valence-corrected chi connectivity index (χ4v) is 3.90. The Bertz CT molecular complexity index is 1150. The summed E-state index contributed by atoms with van der Waals surface area (Å²) >= 11 is 0. The van der Waals surface area contributed by atoms with Crippen LogP contribution in [0.3, 0.4) is 0 Å². The smallest absolute Gasteiger partial charge is 0.292 e. The van der Waals surface area contributed by atoms with Gasteiger partial charge in [-0.05, 0) is 38.5 Å². The van der Waals surface area contributed by atoms with Crippen molar-refractivity contribution in [3.05, 3.63) is 75.1 Å². The van der Waals surface area contributed by atoms with Gasteiger partial charge < -0.3 is 9.80 Å². The molecule has 1 aliphatic heterocycles. The van der Waals surface area contributed by atoms with Crippen molar-refractivity contribution < 1.29 is 9.72 Å². The van der Waals surface area contributed by atoms with E-state index in [1.54, 1.807) is 30.0 Å². The largest absolute Gasteiger partial charge is 0.362 e. The lowest BCUT2D eigenvalue weighted by molar-refractivity contribution is -0.384. The normalized spacial score (nSPS) is 14.0. The molecule has 9 nitrogen and oxygen atoms in total. The first-order chi connectivity index (χ1) is 14.8. The Kier molecular flexibility index (Phi) is 5.41. The molecule has 2 heterocycles. The molecule has 1 saturated heterocycles. The van der Waals surface area contributed by atoms with Crippen molar-refractivity contribution in [2.45, 2.75) is 20.8 Å². The van der Waals surface area contributed by atoms with Crippen molar-refractivity contribution >= 4 is 17.3 Å². The van der Waals surface area contributed by atoms with E-state index in [1.807, 2.05) is 30.9 Å². The molecule has 0 unspecified atom stereocenters. The van der Waals surface area contributed by atoms with Crippen molar-refractivity contribution in [2.24, 2.45) is 0 Å². The van der Waals surface area contributed by atoms with Gasteiger partial charge >= 0.3 is 0 Å². The Morgan fingerprint density at radius 3 is 2.35 bits per heavy atom. The Morgan fingerprint density at radius 1 is 0.968 bits per heavy atom. The van der Waals surface area contributed by atoms with Gasteiger partial charge in [-0.15, -0.1) is 5.10 Å². The molecule has 31 heavy (non-hydrogen) atoms. The van der Waals surface area contributed by atoms with Crippen LogP contribution in [0, 0.1) is 30.9 Å². The number of benzene rings is 2. The summed E-state index contributed by atoms with van der Waals surface area (Å²) in [6, 6.07) is 12.7. The number of nitro groups is 1. The summed E-state index contributed by atoms with van der Waals surface area (Å²) in [6.07, 6.45) is 0. The van der Waals surface area contributed by atoms with Crippen LogP contribution in [-0.4, -0.2) is 56.9 Å². The molecule has 1 aromatic heterocycles. The quantitative estimate of drug-likeness (QED) is 0.475. The van der Waals surface area contributed by atoms with Crippen LogP contribution in [0.2, 0.25) is 0 Å². The van der Waals surface area contributed by atoms with E-state index in [2.05, 4.69) is 16.3 Å². The minimum Gasteiger partial charge on any atom is -0.362 e.